The van der Waals surface area contributed by atoms with Gasteiger partial charge in [0.25, 0.3) is 5.91 Å². The summed E-state index contributed by atoms with van der Waals surface area (Å²) in [6.07, 6.45) is 0. The third kappa shape index (κ3) is 3.63. The van der Waals surface area contributed by atoms with Crippen molar-refractivity contribution < 1.29 is 9.18 Å². The number of aromatic nitrogens is 1. The van der Waals surface area contributed by atoms with Crippen molar-refractivity contribution in [3.05, 3.63) is 76.5 Å². The molecule has 116 valence electrons. The maximum Gasteiger partial charge on any atom is 0.263 e. The number of nitrogens with one attached hydrogen (secondary N) is 1. The minimum Gasteiger partial charge on any atom is -0.347 e. The van der Waals surface area contributed by atoms with Crippen LogP contribution in [0.2, 0.25) is 0 Å². The van der Waals surface area contributed by atoms with Crippen LogP contribution in [0.1, 0.15) is 20.9 Å². The van der Waals surface area contributed by atoms with Gasteiger partial charge in [-0.25, -0.2) is 9.37 Å². The number of aryl methyl sites for hydroxylation is 1. The summed E-state index contributed by atoms with van der Waals surface area (Å²) in [5.74, 6) is -0.475. The second-order valence-electron chi connectivity index (χ2n) is 5.11. The minimum absolute atomic E-state index is 0.161. The Hall–Kier alpha value is -2.53. The number of rotatable bonds is 4. The smallest absolute Gasteiger partial charge is 0.263 e. The molecule has 0 spiro atoms. The van der Waals surface area contributed by atoms with Crippen molar-refractivity contribution in [2.45, 2.75) is 13.5 Å². The van der Waals surface area contributed by atoms with Gasteiger partial charge in [-0.3, -0.25) is 4.79 Å². The van der Waals surface area contributed by atoms with Crippen molar-refractivity contribution in [1.82, 2.24) is 10.3 Å². The molecule has 1 amide bonds. The molecule has 0 unspecified atom stereocenters. The monoisotopic (exact) mass is 326 g/mol. The number of nitrogens with zero attached hydrogens (tertiary/aromatic N) is 1. The molecule has 5 heteroatoms. The van der Waals surface area contributed by atoms with Crippen LogP contribution in [0.15, 0.2) is 54.6 Å². The fourth-order valence-electron chi connectivity index (χ4n) is 2.21. The molecule has 1 N–H and O–H groups in total. The van der Waals surface area contributed by atoms with E-state index < -0.39 is 0 Å². The average Bonchev–Trinajstić information content (AvgIpc) is 2.96. The van der Waals surface area contributed by atoms with Gasteiger partial charge in [0.2, 0.25) is 0 Å². The molecule has 0 bridgehead atoms. The second kappa shape index (κ2) is 6.71. The molecule has 0 radical (unpaired) electrons. The highest BCUT2D eigenvalue weighted by Crippen LogP contribution is 2.28. The number of carbonyl (C=O) groups excluding carboxylic acids is 1. The summed E-state index contributed by atoms with van der Waals surface area (Å²) >= 11 is 1.27. The van der Waals surface area contributed by atoms with Gasteiger partial charge in [0, 0.05) is 12.1 Å². The van der Waals surface area contributed by atoms with Gasteiger partial charge < -0.3 is 5.32 Å². The van der Waals surface area contributed by atoms with Gasteiger partial charge in [-0.15, -0.1) is 11.3 Å². The van der Waals surface area contributed by atoms with Gasteiger partial charge in [-0.1, -0.05) is 42.5 Å². The third-order valence-electron chi connectivity index (χ3n) is 3.37. The zero-order valence-corrected chi connectivity index (χ0v) is 13.4. The lowest BCUT2D eigenvalue weighted by Crippen LogP contribution is -2.22. The Bertz CT molecular complexity index is 830. The summed E-state index contributed by atoms with van der Waals surface area (Å²) < 4.78 is 13.3. The first-order chi connectivity index (χ1) is 11.1. The van der Waals surface area contributed by atoms with Crippen LogP contribution in [0.5, 0.6) is 0 Å². The molecule has 1 heterocycles. The summed E-state index contributed by atoms with van der Waals surface area (Å²) in [4.78, 5) is 17.3. The summed E-state index contributed by atoms with van der Waals surface area (Å²) in [6, 6.07) is 15.9. The van der Waals surface area contributed by atoms with E-state index in [0.29, 0.717) is 27.7 Å². The molecule has 0 aliphatic carbocycles. The number of benzene rings is 2. The van der Waals surface area contributed by atoms with Crippen molar-refractivity contribution in [1.29, 1.82) is 0 Å². The molecule has 0 aliphatic rings. The molecule has 0 aliphatic heterocycles. The first-order valence-electron chi connectivity index (χ1n) is 7.19. The van der Waals surface area contributed by atoms with Gasteiger partial charge in [0.15, 0.2) is 0 Å². The fraction of sp³-hybridized carbons (Fsp3) is 0.111. The summed E-state index contributed by atoms with van der Waals surface area (Å²) in [5, 5.41) is 3.53. The fourth-order valence-corrected chi connectivity index (χ4v) is 3.19. The lowest BCUT2D eigenvalue weighted by Gasteiger charge is -2.03. The van der Waals surface area contributed by atoms with Gasteiger partial charge in [-0.2, -0.15) is 0 Å². The Morgan fingerprint density at radius 2 is 1.96 bits per heavy atom. The second-order valence-corrected chi connectivity index (χ2v) is 6.11. The van der Waals surface area contributed by atoms with Crippen molar-refractivity contribution in [3.8, 4) is 10.6 Å². The largest absolute Gasteiger partial charge is 0.347 e. The SMILES string of the molecule is Cc1nc(-c2cccc(F)c2)sc1C(=O)NCc1ccccc1. The first kappa shape index (κ1) is 15.4. The lowest BCUT2D eigenvalue weighted by atomic mass is 10.2. The van der Waals surface area contributed by atoms with E-state index in [1.807, 2.05) is 30.3 Å². The van der Waals surface area contributed by atoms with Crippen molar-refractivity contribution in [3.63, 3.8) is 0 Å². The quantitative estimate of drug-likeness (QED) is 0.781. The van der Waals surface area contributed by atoms with Crippen LogP contribution in [0, 0.1) is 12.7 Å². The standard InChI is InChI=1S/C18H15FN2OS/c1-12-16(17(22)20-11-13-6-3-2-4-7-13)23-18(21-12)14-8-5-9-15(19)10-14/h2-10H,11H2,1H3,(H,20,22). The summed E-state index contributed by atoms with van der Waals surface area (Å²) in [6.45, 7) is 2.25. The molecule has 1 aromatic heterocycles. The van der Waals surface area contributed by atoms with E-state index in [1.54, 1.807) is 19.1 Å². The van der Waals surface area contributed by atoms with Crippen LogP contribution in [0.3, 0.4) is 0 Å². The Labute approximate surface area is 137 Å². The van der Waals surface area contributed by atoms with E-state index in [2.05, 4.69) is 10.3 Å². The highest BCUT2D eigenvalue weighted by Gasteiger charge is 2.16. The Kier molecular flexibility index (Phi) is 4.48. The van der Waals surface area contributed by atoms with Gasteiger partial charge >= 0.3 is 0 Å². The van der Waals surface area contributed by atoms with Gasteiger partial charge in [0.05, 0.1) is 5.69 Å². The lowest BCUT2D eigenvalue weighted by molar-refractivity contribution is 0.0954. The number of halogens is 1. The van der Waals surface area contributed by atoms with Crippen LogP contribution in [-0.4, -0.2) is 10.9 Å². The molecule has 3 nitrogen and oxygen atoms in total. The molecule has 3 rings (SSSR count). The van der Waals surface area contributed by atoms with Crippen LogP contribution >= 0.6 is 11.3 Å². The van der Waals surface area contributed by atoms with Gasteiger partial charge in [0.1, 0.15) is 15.7 Å². The first-order valence-corrected chi connectivity index (χ1v) is 8.00. The van der Waals surface area contributed by atoms with Crippen LogP contribution in [-0.2, 0) is 6.54 Å². The zero-order chi connectivity index (χ0) is 16.2. The molecule has 0 saturated carbocycles. The minimum atomic E-state index is -0.314. The predicted molar refractivity (Wildman–Crippen MR) is 89.9 cm³/mol. The summed E-state index contributed by atoms with van der Waals surface area (Å²) in [5.41, 5.74) is 2.37. The van der Waals surface area contributed by atoms with Crippen LogP contribution < -0.4 is 5.32 Å². The normalized spacial score (nSPS) is 10.5. The zero-order valence-electron chi connectivity index (χ0n) is 12.5. The maximum atomic E-state index is 13.3. The van der Waals surface area contributed by atoms with E-state index in [0.717, 1.165) is 5.56 Å². The number of thiazole rings is 1. The van der Waals surface area contributed by atoms with E-state index >= 15 is 0 Å². The molecule has 0 atom stereocenters. The molecule has 0 saturated heterocycles. The highest BCUT2D eigenvalue weighted by molar-refractivity contribution is 7.17. The third-order valence-corrected chi connectivity index (χ3v) is 4.58. The van der Waals surface area contributed by atoms with E-state index in [-0.39, 0.29) is 11.7 Å². The predicted octanol–water partition coefficient (Wildman–Crippen LogP) is 4.19. The summed E-state index contributed by atoms with van der Waals surface area (Å²) in [7, 11) is 0. The molecule has 3 aromatic rings. The molecule has 0 fully saturated rings. The Balaban J connectivity index is 1.76. The Morgan fingerprint density at radius 3 is 2.70 bits per heavy atom. The van der Waals surface area contributed by atoms with E-state index in [4.69, 9.17) is 0 Å². The number of amides is 1. The van der Waals surface area contributed by atoms with Crippen molar-refractivity contribution in [2.75, 3.05) is 0 Å². The van der Waals surface area contributed by atoms with Crippen LogP contribution in [0.25, 0.3) is 10.6 Å². The Morgan fingerprint density at radius 1 is 1.17 bits per heavy atom. The van der Waals surface area contributed by atoms with Crippen molar-refractivity contribution in [2.24, 2.45) is 0 Å². The molecule has 2 aromatic carbocycles. The number of hydrogen-bond donors (Lipinski definition) is 1. The van der Waals surface area contributed by atoms with E-state index in [1.165, 1.54) is 23.5 Å². The topological polar surface area (TPSA) is 42.0 Å². The molecular weight excluding hydrogens is 311 g/mol. The number of carbonyl (C=O) groups is 1. The highest BCUT2D eigenvalue weighted by atomic mass is 32.1. The maximum absolute atomic E-state index is 13.3. The van der Waals surface area contributed by atoms with Gasteiger partial charge in [-0.05, 0) is 24.6 Å². The van der Waals surface area contributed by atoms with E-state index in [9.17, 15) is 9.18 Å². The van der Waals surface area contributed by atoms with Crippen molar-refractivity contribution >= 4 is 17.2 Å². The number of hydrogen-bond acceptors (Lipinski definition) is 3. The van der Waals surface area contributed by atoms with Crippen LogP contribution in [0.4, 0.5) is 4.39 Å². The molecule has 23 heavy (non-hydrogen) atoms. The average molecular weight is 326 g/mol. The molecular formula is C18H15FN2OS.